The molecule has 58 heavy (non-hydrogen) atoms. The SMILES string of the molecule is NC(=O)c1cc(-c2cc3sc(N4CCN(c5ccncc5)CC4)nc3nc2[C@H](Cc2cc(F)cc(F)c2)NC(=O)Cn2nc(C(F)F)c3c2C2CC(C3)C2)ccc1F. The summed E-state index contributed by atoms with van der Waals surface area (Å²) >= 11 is 1.39. The van der Waals surface area contributed by atoms with E-state index < -0.39 is 48.3 Å². The molecule has 1 atom stereocenters. The lowest BCUT2D eigenvalue weighted by molar-refractivity contribution is -0.122. The van der Waals surface area contributed by atoms with Crippen molar-refractivity contribution < 1.29 is 31.5 Å². The van der Waals surface area contributed by atoms with E-state index in [0.29, 0.717) is 63.3 Å². The number of amides is 2. The maximum atomic E-state index is 14.8. The smallest absolute Gasteiger partial charge is 0.282 e. The largest absolute Gasteiger partial charge is 0.368 e. The number of thiazole rings is 1. The van der Waals surface area contributed by atoms with Gasteiger partial charge in [-0.05, 0) is 85.2 Å². The van der Waals surface area contributed by atoms with Crippen molar-refractivity contribution in [1.82, 2.24) is 30.0 Å². The maximum absolute atomic E-state index is 14.8. The molecule has 10 rings (SSSR count). The van der Waals surface area contributed by atoms with Gasteiger partial charge in [0.2, 0.25) is 5.91 Å². The predicted molar refractivity (Wildman–Crippen MR) is 207 cm³/mol. The van der Waals surface area contributed by atoms with Crippen LogP contribution in [0.5, 0.6) is 0 Å². The average Bonchev–Trinajstić information content (AvgIpc) is 3.79. The molecule has 2 fully saturated rings. The molecule has 3 aliphatic carbocycles. The van der Waals surface area contributed by atoms with E-state index in [2.05, 4.69) is 25.2 Å². The van der Waals surface area contributed by atoms with Crippen molar-refractivity contribution in [2.45, 2.75) is 50.6 Å². The highest BCUT2D eigenvalue weighted by Crippen LogP contribution is 2.51. The monoisotopic (exact) mass is 813 g/mol. The molecule has 17 heteroatoms. The first-order valence-electron chi connectivity index (χ1n) is 18.9. The number of nitrogens with two attached hydrogens (primary N) is 1. The summed E-state index contributed by atoms with van der Waals surface area (Å²) in [5, 5.41) is 7.84. The van der Waals surface area contributed by atoms with Crippen LogP contribution in [0.1, 0.15) is 69.8 Å². The molecule has 1 aliphatic heterocycles. The Morgan fingerprint density at radius 1 is 0.897 bits per heavy atom. The second-order valence-electron chi connectivity index (χ2n) is 15.0. The summed E-state index contributed by atoms with van der Waals surface area (Å²) in [7, 11) is 0. The van der Waals surface area contributed by atoms with Gasteiger partial charge in [-0.25, -0.2) is 26.9 Å². The van der Waals surface area contributed by atoms with Crippen molar-refractivity contribution >= 4 is 44.3 Å². The highest BCUT2D eigenvalue weighted by molar-refractivity contribution is 7.22. The van der Waals surface area contributed by atoms with Gasteiger partial charge in [-0.15, -0.1) is 0 Å². The number of nitrogens with zero attached hydrogens (tertiary/aromatic N) is 7. The fourth-order valence-corrected chi connectivity index (χ4v) is 9.55. The number of piperazine rings is 1. The van der Waals surface area contributed by atoms with E-state index in [9.17, 15) is 31.5 Å². The van der Waals surface area contributed by atoms with Crippen LogP contribution in [0.15, 0.2) is 67.0 Å². The number of nitrogens with one attached hydrogen (secondary N) is 1. The minimum Gasteiger partial charge on any atom is -0.368 e. The molecule has 298 valence electrons. The Balaban J connectivity index is 1.11. The van der Waals surface area contributed by atoms with Crippen LogP contribution >= 0.6 is 11.3 Å². The molecule has 2 aromatic carbocycles. The molecule has 2 amide bonds. The van der Waals surface area contributed by atoms with Crippen LogP contribution in [0.25, 0.3) is 21.5 Å². The molecule has 1 saturated heterocycles. The van der Waals surface area contributed by atoms with Crippen LogP contribution in [-0.4, -0.2) is 62.7 Å². The number of hydrogen-bond donors (Lipinski definition) is 2. The molecular weight excluding hydrogens is 778 g/mol. The molecule has 3 N–H and O–H groups in total. The van der Waals surface area contributed by atoms with Crippen molar-refractivity contribution in [2.75, 3.05) is 36.0 Å². The Morgan fingerprint density at radius 3 is 2.33 bits per heavy atom. The number of aromatic nitrogens is 5. The third-order valence-corrected chi connectivity index (χ3v) is 12.3. The molecule has 0 radical (unpaired) electrons. The normalized spacial score (nSPS) is 18.0. The number of primary amides is 1. The van der Waals surface area contributed by atoms with Gasteiger partial charge in [0.05, 0.1) is 22.0 Å². The summed E-state index contributed by atoms with van der Waals surface area (Å²) in [6, 6.07) is 11.5. The van der Waals surface area contributed by atoms with E-state index in [4.69, 9.17) is 15.7 Å². The van der Waals surface area contributed by atoms with Crippen molar-refractivity contribution in [3.63, 3.8) is 0 Å². The highest BCUT2D eigenvalue weighted by Gasteiger charge is 2.43. The minimum absolute atomic E-state index is 0.0266. The van der Waals surface area contributed by atoms with Gasteiger partial charge >= 0.3 is 0 Å². The van der Waals surface area contributed by atoms with Crippen LogP contribution < -0.4 is 20.9 Å². The highest BCUT2D eigenvalue weighted by atomic mass is 32.1. The molecular formula is C41H36F5N9O2S. The van der Waals surface area contributed by atoms with E-state index in [-0.39, 0.29) is 34.9 Å². The first-order chi connectivity index (χ1) is 28.0. The number of carbonyl (C=O) groups is 2. The van der Waals surface area contributed by atoms with Crippen LogP contribution in [0.2, 0.25) is 0 Å². The van der Waals surface area contributed by atoms with E-state index in [1.54, 1.807) is 18.5 Å². The lowest BCUT2D eigenvalue weighted by atomic mass is 9.64. The van der Waals surface area contributed by atoms with Gasteiger partial charge in [-0.1, -0.05) is 17.4 Å². The molecule has 4 aliphatic rings. The lowest BCUT2D eigenvalue weighted by Crippen LogP contribution is -2.46. The number of fused-ring (bicyclic) bond motifs is 1. The molecule has 5 heterocycles. The van der Waals surface area contributed by atoms with Crippen LogP contribution in [0.3, 0.4) is 0 Å². The summed E-state index contributed by atoms with van der Waals surface area (Å²) in [5.74, 6) is -3.75. The third kappa shape index (κ3) is 7.22. The number of rotatable bonds is 11. The van der Waals surface area contributed by atoms with Crippen molar-refractivity contribution in [3.05, 3.63) is 118 Å². The third-order valence-electron chi connectivity index (χ3n) is 11.3. The number of anilines is 2. The van der Waals surface area contributed by atoms with Gasteiger partial charge in [-0.2, -0.15) is 10.1 Å². The Bertz CT molecular complexity index is 2530. The number of benzene rings is 2. The molecule has 11 nitrogen and oxygen atoms in total. The molecule has 6 aromatic rings. The summed E-state index contributed by atoms with van der Waals surface area (Å²) in [5.41, 5.74) is 8.50. The van der Waals surface area contributed by atoms with Gasteiger partial charge in [0.15, 0.2) is 10.8 Å². The van der Waals surface area contributed by atoms with E-state index in [1.165, 1.54) is 28.2 Å². The Hall–Kier alpha value is -5.97. The standard InChI is InChI=1S/C41H36F5N9O2S/c42-25-13-22(14-26(43)18-25)16-32(49-34(56)20-55-37-24-11-21(12-24)15-30(37)36(52-55)38(45)46)35-28(23-1-2-31(44)29(17-23)39(47)57)19-33-40(50-35)51-41(58-33)54-9-7-53(8-10-54)27-3-5-48-6-4-27/h1-6,13-14,17-19,21,24,32,38H,7-12,15-16,20H2,(H2,47,57)(H,49,56)/t21?,24?,32-/m0/s1. The topological polar surface area (TPSA) is 135 Å². The van der Waals surface area contributed by atoms with Crippen LogP contribution in [0.4, 0.5) is 32.8 Å². The van der Waals surface area contributed by atoms with Gasteiger partial charge in [0.1, 0.15) is 29.7 Å². The predicted octanol–water partition coefficient (Wildman–Crippen LogP) is 6.88. The molecule has 2 bridgehead atoms. The quantitative estimate of drug-likeness (QED) is 0.135. The molecule has 0 spiro atoms. The number of alkyl halides is 2. The second-order valence-corrected chi connectivity index (χ2v) is 16.0. The van der Waals surface area contributed by atoms with E-state index in [0.717, 1.165) is 55.9 Å². The number of halogens is 5. The van der Waals surface area contributed by atoms with E-state index in [1.807, 2.05) is 12.1 Å². The van der Waals surface area contributed by atoms with E-state index >= 15 is 0 Å². The Labute approximate surface area is 332 Å². The van der Waals surface area contributed by atoms with Crippen molar-refractivity contribution in [2.24, 2.45) is 11.7 Å². The summed E-state index contributed by atoms with van der Waals surface area (Å²) in [6.07, 6.45) is 2.69. The van der Waals surface area contributed by atoms with Gasteiger partial charge in [0, 0.05) is 73.1 Å². The number of pyridine rings is 2. The van der Waals surface area contributed by atoms with Crippen LogP contribution in [0, 0.1) is 23.4 Å². The van der Waals surface area contributed by atoms with Crippen molar-refractivity contribution in [3.8, 4) is 11.1 Å². The lowest BCUT2D eigenvalue weighted by Gasteiger charge is -2.41. The molecule has 0 unspecified atom stereocenters. The minimum atomic E-state index is -2.81. The zero-order chi connectivity index (χ0) is 40.2. The number of hydrogen-bond acceptors (Lipinski definition) is 9. The fourth-order valence-electron chi connectivity index (χ4n) is 8.55. The Morgan fingerprint density at radius 2 is 1.62 bits per heavy atom. The van der Waals surface area contributed by atoms with Gasteiger partial charge in [-0.3, -0.25) is 19.3 Å². The Kier molecular flexibility index (Phi) is 9.78. The van der Waals surface area contributed by atoms with Gasteiger partial charge < -0.3 is 20.9 Å². The van der Waals surface area contributed by atoms with Gasteiger partial charge in [0.25, 0.3) is 12.3 Å². The van der Waals surface area contributed by atoms with Crippen molar-refractivity contribution in [1.29, 1.82) is 0 Å². The first-order valence-corrected chi connectivity index (χ1v) is 19.7. The maximum Gasteiger partial charge on any atom is 0.282 e. The average molecular weight is 814 g/mol. The summed E-state index contributed by atoms with van der Waals surface area (Å²) in [6.45, 7) is 2.39. The molecule has 1 saturated carbocycles. The number of carbonyl (C=O) groups excluding carboxylic acids is 2. The zero-order valence-corrected chi connectivity index (χ0v) is 31.7. The molecule has 4 aromatic heterocycles. The van der Waals surface area contributed by atoms with Crippen LogP contribution in [-0.2, 0) is 24.2 Å². The second kappa shape index (κ2) is 15.1. The zero-order valence-electron chi connectivity index (χ0n) is 30.8. The summed E-state index contributed by atoms with van der Waals surface area (Å²) < 4.78 is 74.3. The summed E-state index contributed by atoms with van der Waals surface area (Å²) in [4.78, 5) is 44.7. The fraction of sp³-hybridized carbons (Fsp3) is 0.317. The first kappa shape index (κ1) is 37.6.